The molecule has 0 amide bonds. The van der Waals surface area contributed by atoms with Gasteiger partial charge in [0.15, 0.2) is 0 Å². The first-order valence-corrected chi connectivity index (χ1v) is 8.27. The Morgan fingerprint density at radius 1 is 1.30 bits per heavy atom. The summed E-state index contributed by atoms with van der Waals surface area (Å²) in [5.74, 6) is 0. The van der Waals surface area contributed by atoms with E-state index in [2.05, 4.69) is 10.0 Å². The predicted octanol–water partition coefficient (Wildman–Crippen LogP) is 1.15. The molecule has 0 spiro atoms. The number of methoxy groups -OCH3 is 1. The number of hydrogen-bond donors (Lipinski definition) is 2. The molecule has 0 aliphatic carbocycles. The maximum Gasteiger partial charge on any atom is 0.240 e. The molecule has 0 heterocycles. The summed E-state index contributed by atoms with van der Waals surface area (Å²) in [6.07, 6.45) is 1.37. The minimum Gasteiger partial charge on any atom is -0.383 e. The molecule has 1 atom stereocenters. The summed E-state index contributed by atoms with van der Waals surface area (Å²) in [4.78, 5) is 0.352. The highest BCUT2D eigenvalue weighted by molar-refractivity contribution is 7.89. The summed E-state index contributed by atoms with van der Waals surface area (Å²) < 4.78 is 32.3. The van der Waals surface area contributed by atoms with Gasteiger partial charge in [-0.25, -0.2) is 13.1 Å². The second kappa shape index (κ2) is 8.36. The molecule has 1 rings (SSSR count). The van der Waals surface area contributed by atoms with E-state index in [0.29, 0.717) is 24.5 Å². The van der Waals surface area contributed by atoms with Gasteiger partial charge >= 0.3 is 0 Å². The van der Waals surface area contributed by atoms with Gasteiger partial charge in [0.2, 0.25) is 10.0 Å². The van der Waals surface area contributed by atoms with Crippen LogP contribution >= 0.6 is 0 Å². The van der Waals surface area contributed by atoms with E-state index in [9.17, 15) is 8.42 Å². The van der Waals surface area contributed by atoms with Crippen molar-refractivity contribution in [2.24, 2.45) is 0 Å². The smallest absolute Gasteiger partial charge is 0.240 e. The second-order valence-electron chi connectivity index (χ2n) is 4.65. The Bertz CT molecular complexity index is 503. The maximum atomic E-state index is 12.3. The van der Waals surface area contributed by atoms with Crippen LogP contribution in [0, 0.1) is 0 Å². The molecule has 0 aromatic heterocycles. The Hall–Kier alpha value is -0.950. The Morgan fingerprint density at radius 3 is 2.60 bits per heavy atom. The van der Waals surface area contributed by atoms with Crippen LogP contribution in [0.3, 0.4) is 0 Å². The van der Waals surface area contributed by atoms with Crippen LogP contribution in [0.4, 0.5) is 0 Å². The van der Waals surface area contributed by atoms with Gasteiger partial charge in [-0.05, 0) is 31.5 Å². The number of hydrogen-bond acceptors (Lipinski definition) is 4. The van der Waals surface area contributed by atoms with Crippen molar-refractivity contribution in [3.63, 3.8) is 0 Å². The fraction of sp³-hybridized carbons (Fsp3) is 0.571. The summed E-state index contributed by atoms with van der Waals surface area (Å²) in [5, 5.41) is 3.13. The Kier molecular flexibility index (Phi) is 7.15. The van der Waals surface area contributed by atoms with Gasteiger partial charge in [-0.15, -0.1) is 0 Å². The SMILES string of the molecule is CCCNS(=O)(=O)c1ccccc1CC(COC)NC. The molecule has 20 heavy (non-hydrogen) atoms. The van der Waals surface area contributed by atoms with E-state index < -0.39 is 10.0 Å². The average molecular weight is 300 g/mol. The number of sulfonamides is 1. The van der Waals surface area contributed by atoms with Gasteiger partial charge in [-0.3, -0.25) is 0 Å². The van der Waals surface area contributed by atoms with Crippen molar-refractivity contribution < 1.29 is 13.2 Å². The molecule has 0 aliphatic rings. The number of rotatable bonds is 9. The number of likely N-dealkylation sites (N-methyl/N-ethyl adjacent to an activating group) is 1. The summed E-state index contributed by atoms with van der Waals surface area (Å²) in [7, 11) is 0.0376. The van der Waals surface area contributed by atoms with Crippen molar-refractivity contribution in [3.8, 4) is 0 Å². The van der Waals surface area contributed by atoms with Crippen LogP contribution in [-0.4, -0.2) is 41.8 Å². The van der Waals surface area contributed by atoms with Crippen LogP contribution in [0.25, 0.3) is 0 Å². The van der Waals surface area contributed by atoms with Crippen LogP contribution in [-0.2, 0) is 21.2 Å². The fourth-order valence-corrected chi connectivity index (χ4v) is 3.34. The van der Waals surface area contributed by atoms with E-state index in [0.717, 1.165) is 12.0 Å². The zero-order chi connectivity index (χ0) is 15.0. The van der Waals surface area contributed by atoms with Gasteiger partial charge in [0, 0.05) is 19.7 Å². The van der Waals surface area contributed by atoms with Crippen molar-refractivity contribution >= 4 is 10.0 Å². The Balaban J connectivity index is 2.98. The van der Waals surface area contributed by atoms with Crippen LogP contribution in [0.5, 0.6) is 0 Å². The molecule has 5 nitrogen and oxygen atoms in total. The first-order chi connectivity index (χ1) is 9.55. The molecule has 0 radical (unpaired) electrons. The van der Waals surface area contributed by atoms with Gasteiger partial charge in [0.05, 0.1) is 11.5 Å². The van der Waals surface area contributed by atoms with E-state index in [4.69, 9.17) is 4.74 Å². The average Bonchev–Trinajstić information content (AvgIpc) is 2.45. The lowest BCUT2D eigenvalue weighted by Gasteiger charge is -2.17. The van der Waals surface area contributed by atoms with Gasteiger partial charge in [0.1, 0.15) is 0 Å². The molecule has 0 aliphatic heterocycles. The normalized spacial score (nSPS) is 13.3. The maximum absolute atomic E-state index is 12.3. The fourth-order valence-electron chi connectivity index (χ4n) is 1.96. The zero-order valence-corrected chi connectivity index (χ0v) is 13.2. The van der Waals surface area contributed by atoms with Gasteiger partial charge < -0.3 is 10.1 Å². The third-order valence-corrected chi connectivity index (χ3v) is 4.61. The van der Waals surface area contributed by atoms with E-state index in [1.165, 1.54) is 0 Å². The molecule has 2 N–H and O–H groups in total. The van der Waals surface area contributed by atoms with Crippen molar-refractivity contribution in [2.75, 3.05) is 27.3 Å². The van der Waals surface area contributed by atoms with Crippen molar-refractivity contribution in [1.29, 1.82) is 0 Å². The highest BCUT2D eigenvalue weighted by Crippen LogP contribution is 2.17. The van der Waals surface area contributed by atoms with Gasteiger partial charge in [0.25, 0.3) is 0 Å². The molecular weight excluding hydrogens is 276 g/mol. The van der Waals surface area contributed by atoms with Gasteiger partial charge in [-0.1, -0.05) is 25.1 Å². The summed E-state index contributed by atoms with van der Waals surface area (Å²) in [6, 6.07) is 7.18. The number of benzene rings is 1. The zero-order valence-electron chi connectivity index (χ0n) is 12.3. The molecular formula is C14H24N2O3S. The Morgan fingerprint density at radius 2 is 2.00 bits per heavy atom. The summed E-state index contributed by atoms with van der Waals surface area (Å²) >= 11 is 0. The largest absolute Gasteiger partial charge is 0.383 e. The third kappa shape index (κ3) is 4.86. The summed E-state index contributed by atoms with van der Waals surface area (Å²) in [6.45, 7) is 2.92. The van der Waals surface area contributed by atoms with Crippen molar-refractivity contribution in [2.45, 2.75) is 30.7 Å². The minimum absolute atomic E-state index is 0.0857. The van der Waals surface area contributed by atoms with E-state index in [-0.39, 0.29) is 6.04 Å². The van der Waals surface area contributed by atoms with Crippen LogP contribution in [0.1, 0.15) is 18.9 Å². The highest BCUT2D eigenvalue weighted by atomic mass is 32.2. The number of ether oxygens (including phenoxy) is 1. The van der Waals surface area contributed by atoms with Crippen LogP contribution < -0.4 is 10.0 Å². The molecule has 0 fully saturated rings. The number of nitrogens with one attached hydrogen (secondary N) is 2. The highest BCUT2D eigenvalue weighted by Gasteiger charge is 2.19. The Labute approximate surface area is 121 Å². The molecule has 6 heteroatoms. The molecule has 1 aromatic carbocycles. The van der Waals surface area contributed by atoms with Crippen LogP contribution in [0.2, 0.25) is 0 Å². The van der Waals surface area contributed by atoms with E-state index in [1.54, 1.807) is 19.2 Å². The lowest BCUT2D eigenvalue weighted by Crippen LogP contribution is -2.33. The molecule has 0 bridgehead atoms. The van der Waals surface area contributed by atoms with E-state index in [1.807, 2.05) is 26.1 Å². The predicted molar refractivity (Wildman–Crippen MR) is 80.3 cm³/mol. The van der Waals surface area contributed by atoms with Crippen molar-refractivity contribution in [3.05, 3.63) is 29.8 Å². The quantitative estimate of drug-likeness (QED) is 0.718. The lowest BCUT2D eigenvalue weighted by atomic mass is 10.1. The third-order valence-electron chi connectivity index (χ3n) is 3.05. The summed E-state index contributed by atoms with van der Waals surface area (Å²) in [5.41, 5.74) is 0.799. The first-order valence-electron chi connectivity index (χ1n) is 6.79. The first kappa shape index (κ1) is 17.1. The second-order valence-corrected chi connectivity index (χ2v) is 6.39. The van der Waals surface area contributed by atoms with E-state index >= 15 is 0 Å². The molecule has 0 saturated carbocycles. The standard InChI is InChI=1S/C14H24N2O3S/c1-4-9-16-20(17,18)14-8-6-5-7-12(14)10-13(15-2)11-19-3/h5-8,13,15-16H,4,9-11H2,1-3H3. The van der Waals surface area contributed by atoms with Gasteiger partial charge in [-0.2, -0.15) is 0 Å². The molecule has 0 saturated heterocycles. The molecule has 1 unspecified atom stereocenters. The minimum atomic E-state index is -3.44. The molecule has 1 aromatic rings. The monoisotopic (exact) mass is 300 g/mol. The topological polar surface area (TPSA) is 67.4 Å². The van der Waals surface area contributed by atoms with Crippen LogP contribution in [0.15, 0.2) is 29.2 Å². The molecule has 114 valence electrons. The lowest BCUT2D eigenvalue weighted by molar-refractivity contribution is 0.169. The van der Waals surface area contributed by atoms with Crippen molar-refractivity contribution in [1.82, 2.24) is 10.0 Å².